The van der Waals surface area contributed by atoms with Gasteiger partial charge >= 0.3 is 0 Å². The second-order valence-corrected chi connectivity index (χ2v) is 4.75. The molecule has 0 radical (unpaired) electrons. The van der Waals surface area contributed by atoms with Crippen molar-refractivity contribution in [1.82, 2.24) is 5.43 Å². The first-order chi connectivity index (χ1) is 8.99. The van der Waals surface area contributed by atoms with Crippen LogP contribution in [-0.4, -0.2) is 24.6 Å². The zero-order valence-electron chi connectivity index (χ0n) is 11.4. The highest BCUT2D eigenvalue weighted by atomic mass is 16.2. The molecule has 0 atom stereocenters. The van der Waals surface area contributed by atoms with Gasteiger partial charge in [0.1, 0.15) is 5.71 Å². The fourth-order valence-corrected chi connectivity index (χ4v) is 2.11. The van der Waals surface area contributed by atoms with Gasteiger partial charge in [-0.2, -0.15) is 5.10 Å². The maximum Gasteiger partial charge on any atom is 0.274 e. The topological polar surface area (TPSA) is 61.8 Å². The highest BCUT2D eigenvalue weighted by Crippen LogP contribution is 2.20. The van der Waals surface area contributed by atoms with E-state index in [2.05, 4.69) is 10.5 Å². The largest absolute Gasteiger partial charge is 0.310 e. The van der Waals surface area contributed by atoms with Gasteiger partial charge in [-0.1, -0.05) is 17.7 Å². The van der Waals surface area contributed by atoms with E-state index in [0.29, 0.717) is 18.6 Å². The van der Waals surface area contributed by atoms with E-state index < -0.39 is 0 Å². The smallest absolute Gasteiger partial charge is 0.274 e. The van der Waals surface area contributed by atoms with E-state index in [0.717, 1.165) is 16.8 Å². The molecule has 0 saturated carbocycles. The van der Waals surface area contributed by atoms with Gasteiger partial charge in [-0.05, 0) is 25.5 Å². The molecule has 2 amide bonds. The Morgan fingerprint density at radius 2 is 2.05 bits per heavy atom. The Hall–Kier alpha value is -2.17. The maximum absolute atomic E-state index is 12.3. The minimum absolute atomic E-state index is 0.147. The van der Waals surface area contributed by atoms with Gasteiger partial charge in [0, 0.05) is 25.6 Å². The second kappa shape index (κ2) is 5.22. The third kappa shape index (κ3) is 2.81. The van der Waals surface area contributed by atoms with Gasteiger partial charge < -0.3 is 4.90 Å². The van der Waals surface area contributed by atoms with E-state index in [1.807, 2.05) is 32.0 Å². The number of carbonyl (C=O) groups excluding carboxylic acids is 2. The van der Waals surface area contributed by atoms with Crippen LogP contribution in [0.2, 0.25) is 0 Å². The van der Waals surface area contributed by atoms with Gasteiger partial charge in [0.05, 0.1) is 0 Å². The Balaban J connectivity index is 2.21. The third-order valence-electron chi connectivity index (χ3n) is 3.17. The molecule has 1 heterocycles. The lowest BCUT2D eigenvalue weighted by molar-refractivity contribution is -0.121. The first-order valence-electron chi connectivity index (χ1n) is 6.20. The van der Waals surface area contributed by atoms with Crippen LogP contribution in [0.25, 0.3) is 0 Å². The molecule has 19 heavy (non-hydrogen) atoms. The molecule has 1 aliphatic rings. The molecule has 0 aliphatic carbocycles. The van der Waals surface area contributed by atoms with Crippen LogP contribution < -0.4 is 10.3 Å². The lowest BCUT2D eigenvalue weighted by atomic mass is 10.1. The summed E-state index contributed by atoms with van der Waals surface area (Å²) in [6, 6.07) is 5.92. The van der Waals surface area contributed by atoms with Gasteiger partial charge in [-0.15, -0.1) is 0 Å². The quantitative estimate of drug-likeness (QED) is 0.875. The van der Waals surface area contributed by atoms with E-state index in [9.17, 15) is 9.59 Å². The number of aryl methyl sites for hydroxylation is 2. The standard InChI is InChI=1S/C14H17N3O2/c1-9-4-6-12(10(2)8-9)17(3)14(19)11-5-7-13(18)16-15-11/h4,6,8H,5,7H2,1-3H3,(H,16,18). The molecule has 0 fully saturated rings. The molecule has 1 aliphatic heterocycles. The monoisotopic (exact) mass is 259 g/mol. The zero-order valence-corrected chi connectivity index (χ0v) is 11.4. The lowest BCUT2D eigenvalue weighted by Crippen LogP contribution is -2.38. The van der Waals surface area contributed by atoms with Crippen LogP contribution in [0.5, 0.6) is 0 Å². The number of hydrogen-bond acceptors (Lipinski definition) is 3. The molecule has 100 valence electrons. The number of carbonyl (C=O) groups is 2. The molecule has 0 unspecified atom stereocenters. The fraction of sp³-hybridized carbons (Fsp3) is 0.357. The predicted molar refractivity (Wildman–Crippen MR) is 74.1 cm³/mol. The van der Waals surface area contributed by atoms with Crippen LogP contribution in [0.3, 0.4) is 0 Å². The summed E-state index contributed by atoms with van der Waals surface area (Å²) >= 11 is 0. The van der Waals surface area contributed by atoms with E-state index in [1.54, 1.807) is 11.9 Å². The molecule has 0 bridgehead atoms. The van der Waals surface area contributed by atoms with Gasteiger partial charge in [0.15, 0.2) is 0 Å². The van der Waals surface area contributed by atoms with Crippen LogP contribution >= 0.6 is 0 Å². The maximum atomic E-state index is 12.3. The molecule has 0 aromatic heterocycles. The Morgan fingerprint density at radius 1 is 1.32 bits per heavy atom. The summed E-state index contributed by atoms with van der Waals surface area (Å²) in [5.41, 5.74) is 5.79. The van der Waals surface area contributed by atoms with E-state index >= 15 is 0 Å². The van der Waals surface area contributed by atoms with Crippen molar-refractivity contribution in [3.63, 3.8) is 0 Å². The Kier molecular flexibility index (Phi) is 3.64. The molecule has 5 nitrogen and oxygen atoms in total. The SMILES string of the molecule is Cc1ccc(N(C)C(=O)C2=NNC(=O)CC2)c(C)c1. The summed E-state index contributed by atoms with van der Waals surface area (Å²) < 4.78 is 0. The first-order valence-corrected chi connectivity index (χ1v) is 6.20. The molecule has 0 spiro atoms. The van der Waals surface area contributed by atoms with E-state index in [-0.39, 0.29) is 11.8 Å². The normalized spacial score (nSPS) is 14.7. The molecule has 2 rings (SSSR count). The molecule has 5 heteroatoms. The summed E-state index contributed by atoms with van der Waals surface area (Å²) in [4.78, 5) is 24.9. The van der Waals surface area contributed by atoms with Crippen LogP contribution in [-0.2, 0) is 9.59 Å². The predicted octanol–water partition coefficient (Wildman–Crippen LogP) is 1.53. The van der Waals surface area contributed by atoms with Gasteiger partial charge in [0.2, 0.25) is 5.91 Å². The van der Waals surface area contributed by atoms with Crippen molar-refractivity contribution in [1.29, 1.82) is 0 Å². The van der Waals surface area contributed by atoms with Crippen molar-refractivity contribution in [2.75, 3.05) is 11.9 Å². The van der Waals surface area contributed by atoms with Crippen LogP contribution in [0.1, 0.15) is 24.0 Å². The van der Waals surface area contributed by atoms with Crippen molar-refractivity contribution in [3.8, 4) is 0 Å². The summed E-state index contributed by atoms with van der Waals surface area (Å²) in [5, 5.41) is 3.83. The number of anilines is 1. The Bertz CT molecular complexity index is 564. The van der Waals surface area contributed by atoms with Gasteiger partial charge in [0.25, 0.3) is 5.91 Å². The van der Waals surface area contributed by atoms with Crippen LogP contribution in [0, 0.1) is 13.8 Å². The minimum atomic E-state index is -0.174. The average Bonchev–Trinajstić information content (AvgIpc) is 2.38. The van der Waals surface area contributed by atoms with E-state index in [1.165, 1.54) is 0 Å². The van der Waals surface area contributed by atoms with Crippen molar-refractivity contribution in [2.24, 2.45) is 5.10 Å². The minimum Gasteiger partial charge on any atom is -0.310 e. The number of nitrogens with zero attached hydrogens (tertiary/aromatic N) is 2. The summed E-state index contributed by atoms with van der Waals surface area (Å²) in [7, 11) is 1.72. The number of hydrogen-bond donors (Lipinski definition) is 1. The number of amides is 2. The lowest BCUT2D eigenvalue weighted by Gasteiger charge is -2.21. The Morgan fingerprint density at radius 3 is 2.63 bits per heavy atom. The first kappa shape index (κ1) is 13.3. The van der Waals surface area contributed by atoms with Crippen molar-refractivity contribution in [3.05, 3.63) is 29.3 Å². The molecule has 0 saturated heterocycles. The number of nitrogens with one attached hydrogen (secondary N) is 1. The number of hydrazone groups is 1. The van der Waals surface area contributed by atoms with Crippen LogP contribution in [0.4, 0.5) is 5.69 Å². The fourth-order valence-electron chi connectivity index (χ4n) is 2.11. The molecule has 1 N–H and O–H groups in total. The van der Waals surface area contributed by atoms with Crippen LogP contribution in [0.15, 0.2) is 23.3 Å². The number of rotatable bonds is 2. The van der Waals surface area contributed by atoms with Crippen molar-refractivity contribution in [2.45, 2.75) is 26.7 Å². The van der Waals surface area contributed by atoms with Gasteiger partial charge in [-0.3, -0.25) is 9.59 Å². The Labute approximate surface area is 112 Å². The highest BCUT2D eigenvalue weighted by Gasteiger charge is 2.22. The molecular weight excluding hydrogens is 242 g/mol. The summed E-state index contributed by atoms with van der Waals surface area (Å²) in [6.07, 6.45) is 0.700. The third-order valence-corrected chi connectivity index (χ3v) is 3.17. The molecular formula is C14H17N3O2. The number of benzene rings is 1. The van der Waals surface area contributed by atoms with Gasteiger partial charge in [-0.25, -0.2) is 5.43 Å². The second-order valence-electron chi connectivity index (χ2n) is 4.75. The highest BCUT2D eigenvalue weighted by molar-refractivity contribution is 6.44. The summed E-state index contributed by atoms with van der Waals surface area (Å²) in [6.45, 7) is 3.98. The molecule has 1 aromatic rings. The van der Waals surface area contributed by atoms with Crippen molar-refractivity contribution < 1.29 is 9.59 Å². The zero-order chi connectivity index (χ0) is 14.0. The summed E-state index contributed by atoms with van der Waals surface area (Å²) in [5.74, 6) is -0.322. The average molecular weight is 259 g/mol. The molecule has 1 aromatic carbocycles. The van der Waals surface area contributed by atoms with Crippen molar-refractivity contribution >= 4 is 23.2 Å². The van der Waals surface area contributed by atoms with E-state index in [4.69, 9.17) is 0 Å².